The van der Waals surface area contributed by atoms with E-state index in [-0.39, 0.29) is 24.2 Å². The number of aliphatic carboxylic acids is 1. The van der Waals surface area contributed by atoms with E-state index in [2.05, 4.69) is 10.6 Å². The highest BCUT2D eigenvalue weighted by Crippen LogP contribution is 2.23. The molecule has 27 heavy (non-hydrogen) atoms. The minimum Gasteiger partial charge on any atom is -0.480 e. The van der Waals surface area contributed by atoms with Crippen molar-refractivity contribution in [3.8, 4) is 0 Å². The van der Waals surface area contributed by atoms with Gasteiger partial charge in [-0.25, -0.2) is 0 Å². The third kappa shape index (κ3) is 6.58. The van der Waals surface area contributed by atoms with Gasteiger partial charge in [0, 0.05) is 12.1 Å². The second-order valence-corrected chi connectivity index (χ2v) is 6.55. The van der Waals surface area contributed by atoms with Crippen molar-refractivity contribution in [2.24, 2.45) is 0 Å². The Morgan fingerprint density at radius 3 is 2.30 bits per heavy atom. The molecular weight excluding hydrogens is 344 g/mol. The molecule has 0 aliphatic carbocycles. The van der Waals surface area contributed by atoms with Crippen LogP contribution in [0.2, 0.25) is 0 Å². The van der Waals surface area contributed by atoms with Crippen LogP contribution in [0.1, 0.15) is 36.0 Å². The van der Waals surface area contributed by atoms with Crippen molar-refractivity contribution in [2.75, 3.05) is 11.9 Å². The second kappa shape index (κ2) is 9.52. The number of carboxylic acid groups (broad SMARTS) is 1. The van der Waals surface area contributed by atoms with Crippen LogP contribution in [0.15, 0.2) is 48.5 Å². The van der Waals surface area contributed by atoms with Crippen molar-refractivity contribution in [2.45, 2.75) is 32.6 Å². The van der Waals surface area contributed by atoms with Crippen LogP contribution in [0.3, 0.4) is 0 Å². The van der Waals surface area contributed by atoms with Gasteiger partial charge in [0.1, 0.15) is 6.54 Å². The van der Waals surface area contributed by atoms with Gasteiger partial charge in [-0.05, 0) is 41.7 Å². The Hall–Kier alpha value is -3.15. The van der Waals surface area contributed by atoms with Gasteiger partial charge in [0.05, 0.1) is 6.42 Å². The molecule has 6 nitrogen and oxygen atoms in total. The molecule has 1 unspecified atom stereocenters. The normalized spacial score (nSPS) is 11.5. The van der Waals surface area contributed by atoms with Crippen molar-refractivity contribution in [3.63, 3.8) is 0 Å². The topological polar surface area (TPSA) is 95.5 Å². The zero-order chi connectivity index (χ0) is 19.8. The molecule has 6 heteroatoms. The Kier molecular flexibility index (Phi) is 7.11. The number of carbonyl (C=O) groups is 3. The summed E-state index contributed by atoms with van der Waals surface area (Å²) in [5, 5.41) is 13.7. The lowest BCUT2D eigenvalue weighted by atomic mass is 9.93. The van der Waals surface area contributed by atoms with E-state index < -0.39 is 12.5 Å². The highest BCUT2D eigenvalue weighted by Gasteiger charge is 2.13. The molecule has 0 radical (unpaired) electrons. The highest BCUT2D eigenvalue weighted by molar-refractivity contribution is 5.91. The van der Waals surface area contributed by atoms with Gasteiger partial charge in [-0.15, -0.1) is 0 Å². The first-order chi connectivity index (χ1) is 12.8. The predicted molar refractivity (Wildman–Crippen MR) is 104 cm³/mol. The maximum atomic E-state index is 12.3. The van der Waals surface area contributed by atoms with Gasteiger partial charge < -0.3 is 15.7 Å². The zero-order valence-electron chi connectivity index (χ0n) is 15.5. The van der Waals surface area contributed by atoms with Crippen molar-refractivity contribution >= 4 is 23.5 Å². The number of anilines is 1. The SMILES string of the molecule is Cc1ccccc1C(C)CC(=O)Nc1ccc(CC(=O)NCC(=O)O)cc1. The first-order valence-electron chi connectivity index (χ1n) is 8.78. The number of benzene rings is 2. The number of amides is 2. The lowest BCUT2D eigenvalue weighted by molar-refractivity contribution is -0.137. The summed E-state index contributed by atoms with van der Waals surface area (Å²) in [5.74, 6) is -1.40. The number of aryl methyl sites for hydroxylation is 1. The molecular formula is C21H24N2O4. The molecule has 0 saturated carbocycles. The number of hydrogen-bond donors (Lipinski definition) is 3. The molecule has 0 fully saturated rings. The molecule has 2 amide bonds. The number of nitrogens with one attached hydrogen (secondary N) is 2. The van der Waals surface area contributed by atoms with Crippen LogP contribution >= 0.6 is 0 Å². The molecule has 3 N–H and O–H groups in total. The fraction of sp³-hybridized carbons (Fsp3) is 0.286. The Morgan fingerprint density at radius 1 is 1.00 bits per heavy atom. The van der Waals surface area contributed by atoms with E-state index in [0.717, 1.165) is 11.1 Å². The van der Waals surface area contributed by atoms with Crippen LogP contribution in [0, 0.1) is 6.92 Å². The van der Waals surface area contributed by atoms with Crippen LogP contribution in [0.25, 0.3) is 0 Å². The summed E-state index contributed by atoms with van der Waals surface area (Å²) >= 11 is 0. The zero-order valence-corrected chi connectivity index (χ0v) is 15.5. The van der Waals surface area contributed by atoms with E-state index in [1.165, 1.54) is 5.56 Å². The molecule has 2 rings (SSSR count). The fourth-order valence-corrected chi connectivity index (χ4v) is 2.87. The van der Waals surface area contributed by atoms with Crippen LogP contribution in [-0.2, 0) is 20.8 Å². The summed E-state index contributed by atoms with van der Waals surface area (Å²) < 4.78 is 0. The first kappa shape index (κ1) is 20.2. The van der Waals surface area contributed by atoms with E-state index in [0.29, 0.717) is 12.1 Å². The van der Waals surface area contributed by atoms with Crippen LogP contribution in [-0.4, -0.2) is 29.4 Å². The number of rotatable bonds is 8. The van der Waals surface area contributed by atoms with E-state index in [4.69, 9.17) is 5.11 Å². The molecule has 0 aliphatic rings. The van der Waals surface area contributed by atoms with Crippen molar-refractivity contribution in [1.29, 1.82) is 0 Å². The Morgan fingerprint density at radius 2 is 1.67 bits per heavy atom. The molecule has 0 saturated heterocycles. The molecule has 142 valence electrons. The number of carboxylic acids is 1. The summed E-state index contributed by atoms with van der Waals surface area (Å²) in [6.45, 7) is 3.67. The van der Waals surface area contributed by atoms with E-state index in [1.807, 2.05) is 38.1 Å². The first-order valence-corrected chi connectivity index (χ1v) is 8.78. The Balaban J connectivity index is 1.86. The van der Waals surface area contributed by atoms with Gasteiger partial charge in [0.25, 0.3) is 0 Å². The van der Waals surface area contributed by atoms with Gasteiger partial charge in [-0.3, -0.25) is 14.4 Å². The Labute approximate surface area is 158 Å². The van der Waals surface area contributed by atoms with Crippen molar-refractivity contribution in [1.82, 2.24) is 5.32 Å². The highest BCUT2D eigenvalue weighted by atomic mass is 16.4. The quantitative estimate of drug-likeness (QED) is 0.668. The third-order valence-corrected chi connectivity index (χ3v) is 4.25. The molecule has 1 atom stereocenters. The molecule has 2 aromatic carbocycles. The summed E-state index contributed by atoms with van der Waals surface area (Å²) in [6.07, 6.45) is 0.468. The summed E-state index contributed by atoms with van der Waals surface area (Å²) in [4.78, 5) is 34.3. The average molecular weight is 368 g/mol. The largest absolute Gasteiger partial charge is 0.480 e. The third-order valence-electron chi connectivity index (χ3n) is 4.25. The van der Waals surface area contributed by atoms with Gasteiger partial charge in [0.15, 0.2) is 0 Å². The van der Waals surface area contributed by atoms with Gasteiger partial charge in [-0.2, -0.15) is 0 Å². The van der Waals surface area contributed by atoms with Crippen LogP contribution < -0.4 is 10.6 Å². The molecule has 0 aromatic heterocycles. The lowest BCUT2D eigenvalue weighted by Crippen LogP contribution is -2.30. The fourth-order valence-electron chi connectivity index (χ4n) is 2.87. The Bertz CT molecular complexity index is 815. The minimum absolute atomic E-state index is 0.0716. The van der Waals surface area contributed by atoms with Crippen LogP contribution in [0.5, 0.6) is 0 Å². The molecule has 0 heterocycles. The summed E-state index contributed by atoms with van der Waals surface area (Å²) in [7, 11) is 0. The lowest BCUT2D eigenvalue weighted by Gasteiger charge is -2.14. The van der Waals surface area contributed by atoms with E-state index in [9.17, 15) is 14.4 Å². The average Bonchev–Trinajstić information content (AvgIpc) is 2.62. The maximum Gasteiger partial charge on any atom is 0.322 e. The monoisotopic (exact) mass is 368 g/mol. The van der Waals surface area contributed by atoms with Gasteiger partial charge in [0.2, 0.25) is 11.8 Å². The minimum atomic E-state index is -1.08. The van der Waals surface area contributed by atoms with Crippen molar-refractivity contribution < 1.29 is 19.5 Å². The number of hydrogen-bond acceptors (Lipinski definition) is 3. The standard InChI is InChI=1S/C21H24N2O4/c1-14-5-3-4-6-18(14)15(2)11-20(25)23-17-9-7-16(8-10-17)12-19(24)22-13-21(26)27/h3-10,15H,11-13H2,1-2H3,(H,22,24)(H,23,25)(H,26,27). The number of carbonyl (C=O) groups excluding carboxylic acids is 2. The van der Waals surface area contributed by atoms with Gasteiger partial charge in [-0.1, -0.05) is 43.3 Å². The predicted octanol–water partition coefficient (Wildman–Crippen LogP) is 2.87. The van der Waals surface area contributed by atoms with E-state index in [1.54, 1.807) is 24.3 Å². The second-order valence-electron chi connectivity index (χ2n) is 6.55. The molecule has 0 bridgehead atoms. The van der Waals surface area contributed by atoms with Gasteiger partial charge >= 0.3 is 5.97 Å². The molecule has 0 spiro atoms. The summed E-state index contributed by atoms with van der Waals surface area (Å²) in [5.41, 5.74) is 3.73. The summed E-state index contributed by atoms with van der Waals surface area (Å²) in [6, 6.07) is 15.0. The maximum absolute atomic E-state index is 12.3. The smallest absolute Gasteiger partial charge is 0.322 e. The van der Waals surface area contributed by atoms with Crippen LogP contribution in [0.4, 0.5) is 5.69 Å². The van der Waals surface area contributed by atoms with Crippen molar-refractivity contribution in [3.05, 3.63) is 65.2 Å². The molecule has 2 aromatic rings. The molecule has 0 aliphatic heterocycles. The van der Waals surface area contributed by atoms with E-state index >= 15 is 0 Å².